The zero-order valence-electron chi connectivity index (χ0n) is 10.7. The van der Waals surface area contributed by atoms with Gasteiger partial charge in [0, 0.05) is 25.8 Å². The van der Waals surface area contributed by atoms with Crippen molar-refractivity contribution >= 4 is 5.69 Å². The first kappa shape index (κ1) is 12.4. The molecule has 1 unspecified atom stereocenters. The van der Waals surface area contributed by atoms with E-state index in [1.165, 1.54) is 36.9 Å². The second-order valence-electron chi connectivity index (χ2n) is 4.90. The topological polar surface area (TPSA) is 42.2 Å². The fourth-order valence-corrected chi connectivity index (χ4v) is 2.69. The van der Waals surface area contributed by atoms with E-state index < -0.39 is 0 Å². The minimum atomic E-state index is 0.603. The van der Waals surface area contributed by atoms with Gasteiger partial charge in [-0.2, -0.15) is 0 Å². The third-order valence-electron chi connectivity index (χ3n) is 3.87. The van der Waals surface area contributed by atoms with Crippen molar-refractivity contribution in [2.75, 3.05) is 18.0 Å². The summed E-state index contributed by atoms with van der Waals surface area (Å²) >= 11 is 0. The molecule has 1 atom stereocenters. The van der Waals surface area contributed by atoms with Gasteiger partial charge < -0.3 is 10.6 Å². The summed E-state index contributed by atoms with van der Waals surface area (Å²) in [6, 6.07) is 2.04. The zero-order valence-corrected chi connectivity index (χ0v) is 10.7. The number of nitrogens with zero attached hydrogens (tertiary/aromatic N) is 2. The van der Waals surface area contributed by atoms with E-state index in [0.29, 0.717) is 6.54 Å². The summed E-state index contributed by atoms with van der Waals surface area (Å²) < 4.78 is 0. The van der Waals surface area contributed by atoms with Gasteiger partial charge in [0.25, 0.3) is 0 Å². The van der Waals surface area contributed by atoms with Gasteiger partial charge in [0.15, 0.2) is 0 Å². The molecule has 3 heteroatoms. The molecule has 1 aromatic heterocycles. The second kappa shape index (κ2) is 6.01. The fourth-order valence-electron chi connectivity index (χ4n) is 2.69. The molecule has 2 heterocycles. The van der Waals surface area contributed by atoms with Gasteiger partial charge in [0.05, 0.1) is 11.9 Å². The molecule has 2 rings (SSSR count). The van der Waals surface area contributed by atoms with Crippen LogP contribution < -0.4 is 10.6 Å². The lowest BCUT2D eigenvalue weighted by Crippen LogP contribution is -2.26. The molecular weight excluding hydrogens is 210 g/mol. The van der Waals surface area contributed by atoms with Crippen LogP contribution >= 0.6 is 0 Å². The number of aromatic nitrogens is 1. The van der Waals surface area contributed by atoms with Gasteiger partial charge in [0.1, 0.15) is 0 Å². The number of anilines is 1. The molecule has 0 radical (unpaired) electrons. The van der Waals surface area contributed by atoms with Crippen molar-refractivity contribution in [1.82, 2.24) is 4.98 Å². The van der Waals surface area contributed by atoms with E-state index in [1.54, 1.807) is 0 Å². The molecule has 0 aromatic carbocycles. The summed E-state index contributed by atoms with van der Waals surface area (Å²) in [5.41, 5.74) is 8.26. The molecule has 1 aromatic rings. The van der Waals surface area contributed by atoms with Gasteiger partial charge in [-0.1, -0.05) is 13.3 Å². The van der Waals surface area contributed by atoms with Crippen molar-refractivity contribution in [2.24, 2.45) is 11.7 Å². The quantitative estimate of drug-likeness (QED) is 0.872. The molecule has 0 saturated carbocycles. The molecule has 1 aliphatic heterocycles. The standard InChI is InChI=1S/C14H23N3/c1-2-12-4-3-8-17(9-6-12)14-11-16-7-5-13(14)10-15/h5,7,11-12H,2-4,6,8-10,15H2,1H3. The number of rotatable bonds is 3. The predicted octanol–water partition coefficient (Wildman–Crippen LogP) is 2.56. The molecule has 1 saturated heterocycles. The number of nitrogens with two attached hydrogens (primary N) is 1. The Kier molecular flexibility index (Phi) is 4.37. The predicted molar refractivity (Wildman–Crippen MR) is 72.0 cm³/mol. The Bertz CT molecular complexity index is 351. The molecule has 0 spiro atoms. The van der Waals surface area contributed by atoms with E-state index in [9.17, 15) is 0 Å². The molecule has 3 nitrogen and oxygen atoms in total. The molecule has 0 aliphatic carbocycles. The summed E-state index contributed by atoms with van der Waals surface area (Å²) in [7, 11) is 0. The smallest absolute Gasteiger partial charge is 0.0598 e. The fraction of sp³-hybridized carbons (Fsp3) is 0.643. The van der Waals surface area contributed by atoms with E-state index >= 15 is 0 Å². The SMILES string of the molecule is CCC1CCCN(c2cnccc2CN)CC1. The van der Waals surface area contributed by atoms with E-state index in [1.807, 2.05) is 18.5 Å². The van der Waals surface area contributed by atoms with E-state index in [-0.39, 0.29) is 0 Å². The Balaban J connectivity index is 2.11. The highest BCUT2D eigenvalue weighted by atomic mass is 15.1. The Morgan fingerprint density at radius 1 is 1.41 bits per heavy atom. The first-order valence-corrected chi connectivity index (χ1v) is 6.73. The molecule has 2 N–H and O–H groups in total. The Labute approximate surface area is 104 Å². The van der Waals surface area contributed by atoms with Crippen LogP contribution in [-0.4, -0.2) is 18.1 Å². The summed E-state index contributed by atoms with van der Waals surface area (Å²) in [6.45, 7) is 5.20. The Hall–Kier alpha value is -1.09. The Morgan fingerprint density at radius 2 is 2.29 bits per heavy atom. The van der Waals surface area contributed by atoms with Crippen LogP contribution in [0.1, 0.15) is 38.2 Å². The summed E-state index contributed by atoms with van der Waals surface area (Å²) in [5.74, 6) is 0.901. The first-order chi connectivity index (χ1) is 8.35. The minimum Gasteiger partial charge on any atom is -0.370 e. The van der Waals surface area contributed by atoms with Crippen LogP contribution in [0.5, 0.6) is 0 Å². The van der Waals surface area contributed by atoms with Crippen LogP contribution in [0.3, 0.4) is 0 Å². The van der Waals surface area contributed by atoms with Crippen molar-refractivity contribution in [3.8, 4) is 0 Å². The summed E-state index contributed by atoms with van der Waals surface area (Å²) in [5, 5.41) is 0. The maximum absolute atomic E-state index is 5.80. The normalized spacial score (nSPS) is 21.3. The van der Waals surface area contributed by atoms with Gasteiger partial charge in [0.2, 0.25) is 0 Å². The number of pyridine rings is 1. The third kappa shape index (κ3) is 2.97. The van der Waals surface area contributed by atoms with Crippen LogP contribution in [-0.2, 0) is 6.54 Å². The highest BCUT2D eigenvalue weighted by molar-refractivity contribution is 5.51. The van der Waals surface area contributed by atoms with Gasteiger partial charge >= 0.3 is 0 Å². The number of hydrogen-bond acceptors (Lipinski definition) is 3. The highest BCUT2D eigenvalue weighted by Gasteiger charge is 2.17. The van der Waals surface area contributed by atoms with Crippen molar-refractivity contribution < 1.29 is 0 Å². The van der Waals surface area contributed by atoms with Crippen molar-refractivity contribution in [3.63, 3.8) is 0 Å². The maximum atomic E-state index is 5.80. The van der Waals surface area contributed by atoms with Crippen LogP contribution in [0.25, 0.3) is 0 Å². The zero-order chi connectivity index (χ0) is 12.1. The van der Waals surface area contributed by atoms with Crippen LogP contribution in [0.4, 0.5) is 5.69 Å². The lowest BCUT2D eigenvalue weighted by atomic mass is 9.98. The largest absolute Gasteiger partial charge is 0.370 e. The first-order valence-electron chi connectivity index (χ1n) is 6.73. The van der Waals surface area contributed by atoms with E-state index in [4.69, 9.17) is 5.73 Å². The minimum absolute atomic E-state index is 0.603. The van der Waals surface area contributed by atoms with Gasteiger partial charge in [-0.15, -0.1) is 0 Å². The average Bonchev–Trinajstić information content (AvgIpc) is 2.63. The van der Waals surface area contributed by atoms with Crippen LogP contribution in [0, 0.1) is 5.92 Å². The van der Waals surface area contributed by atoms with Crippen molar-refractivity contribution in [1.29, 1.82) is 0 Å². The van der Waals surface area contributed by atoms with Crippen LogP contribution in [0.2, 0.25) is 0 Å². The van der Waals surface area contributed by atoms with Gasteiger partial charge in [-0.3, -0.25) is 4.98 Å². The Morgan fingerprint density at radius 3 is 3.06 bits per heavy atom. The third-order valence-corrected chi connectivity index (χ3v) is 3.87. The number of hydrogen-bond donors (Lipinski definition) is 1. The molecule has 1 fully saturated rings. The monoisotopic (exact) mass is 233 g/mol. The average molecular weight is 233 g/mol. The van der Waals surface area contributed by atoms with E-state index in [0.717, 1.165) is 19.0 Å². The van der Waals surface area contributed by atoms with Crippen molar-refractivity contribution in [2.45, 2.75) is 39.2 Å². The molecular formula is C14H23N3. The molecule has 1 aliphatic rings. The molecule has 17 heavy (non-hydrogen) atoms. The van der Waals surface area contributed by atoms with Crippen molar-refractivity contribution in [3.05, 3.63) is 24.0 Å². The molecule has 0 amide bonds. The maximum Gasteiger partial charge on any atom is 0.0598 e. The van der Waals surface area contributed by atoms with Crippen LogP contribution in [0.15, 0.2) is 18.5 Å². The van der Waals surface area contributed by atoms with Gasteiger partial charge in [-0.25, -0.2) is 0 Å². The lowest BCUT2D eigenvalue weighted by Gasteiger charge is -2.24. The molecule has 0 bridgehead atoms. The van der Waals surface area contributed by atoms with E-state index in [2.05, 4.69) is 16.8 Å². The summed E-state index contributed by atoms with van der Waals surface area (Å²) in [4.78, 5) is 6.70. The summed E-state index contributed by atoms with van der Waals surface area (Å²) in [6.07, 6.45) is 9.06. The lowest BCUT2D eigenvalue weighted by molar-refractivity contribution is 0.459. The van der Waals surface area contributed by atoms with Gasteiger partial charge in [-0.05, 0) is 36.8 Å². The highest BCUT2D eigenvalue weighted by Crippen LogP contribution is 2.26. The molecule has 94 valence electrons. The second-order valence-corrected chi connectivity index (χ2v) is 4.90.